The fourth-order valence-corrected chi connectivity index (χ4v) is 2.19. The van der Waals surface area contributed by atoms with E-state index in [4.69, 9.17) is 20.0 Å². The second-order valence-electron chi connectivity index (χ2n) is 5.72. The van der Waals surface area contributed by atoms with Crippen molar-refractivity contribution in [2.45, 2.75) is 20.5 Å². The number of hydrogen-bond donors (Lipinski definition) is 1. The fourth-order valence-electron chi connectivity index (χ4n) is 2.19. The lowest BCUT2D eigenvalue weighted by atomic mass is 10.2. The van der Waals surface area contributed by atoms with Crippen molar-refractivity contribution in [1.29, 1.82) is 10.5 Å². The quantitative estimate of drug-likeness (QED) is 0.715. The average molecular weight is 390 g/mol. The Morgan fingerprint density at radius 2 is 1.66 bits per heavy atom. The number of rotatable bonds is 4. The zero-order chi connectivity index (χ0) is 21.2. The number of hydrogen-bond acceptors (Lipinski definition) is 8. The first kappa shape index (κ1) is 21.1. The maximum atomic E-state index is 10.6. The lowest BCUT2D eigenvalue weighted by Gasteiger charge is -2.07. The summed E-state index contributed by atoms with van der Waals surface area (Å²) in [6.45, 7) is 3.73. The van der Waals surface area contributed by atoms with Crippen LogP contribution in [-0.4, -0.2) is 27.0 Å². The fraction of sp³-hybridized carbons (Fsp3) is 0.200. The summed E-state index contributed by atoms with van der Waals surface area (Å²) < 4.78 is 10.6. The standard InChI is InChI=1S/C14H13N3O2.C6H5N3O/c1-10-16-12(8-15)7-14(17-10)19-9-11-3-5-13(18-2)6-4-11;1-4-8-5(3-7)2-6(10)9-4/h3-7H,9H2,1-2H3;2H,1H3,(H,8,9,10). The van der Waals surface area contributed by atoms with Crippen molar-refractivity contribution in [1.82, 2.24) is 19.9 Å². The van der Waals surface area contributed by atoms with E-state index in [9.17, 15) is 4.79 Å². The molecule has 0 unspecified atom stereocenters. The molecule has 3 aromatic rings. The molecular formula is C20H18N6O3. The zero-order valence-electron chi connectivity index (χ0n) is 16.1. The number of benzene rings is 1. The molecule has 1 N–H and O–H groups in total. The number of aromatic nitrogens is 4. The Balaban J connectivity index is 0.000000253. The molecule has 0 aliphatic carbocycles. The third kappa shape index (κ3) is 6.77. The van der Waals surface area contributed by atoms with Gasteiger partial charge in [-0.05, 0) is 31.5 Å². The van der Waals surface area contributed by atoms with Crippen LogP contribution in [0.1, 0.15) is 28.6 Å². The molecule has 0 radical (unpaired) electrons. The van der Waals surface area contributed by atoms with E-state index in [1.54, 1.807) is 27.0 Å². The molecule has 9 nitrogen and oxygen atoms in total. The van der Waals surface area contributed by atoms with E-state index in [0.29, 0.717) is 29.8 Å². The Hall–Kier alpha value is -4.24. The molecule has 2 heterocycles. The van der Waals surface area contributed by atoms with Gasteiger partial charge in [-0.1, -0.05) is 12.1 Å². The van der Waals surface area contributed by atoms with E-state index in [-0.39, 0.29) is 11.3 Å². The van der Waals surface area contributed by atoms with Crippen molar-refractivity contribution < 1.29 is 9.47 Å². The Labute approximate surface area is 167 Å². The molecule has 0 aliphatic rings. The minimum absolute atomic E-state index is 0.154. The van der Waals surface area contributed by atoms with Gasteiger partial charge in [-0.3, -0.25) is 4.79 Å². The van der Waals surface area contributed by atoms with Gasteiger partial charge in [0.15, 0.2) is 0 Å². The Kier molecular flexibility index (Phi) is 7.40. The van der Waals surface area contributed by atoms with Gasteiger partial charge in [0, 0.05) is 12.1 Å². The van der Waals surface area contributed by atoms with Crippen LogP contribution in [0, 0.1) is 36.5 Å². The van der Waals surface area contributed by atoms with E-state index in [1.165, 1.54) is 6.07 Å². The maximum Gasteiger partial charge on any atom is 0.252 e. The first-order chi connectivity index (χ1) is 13.9. The van der Waals surface area contributed by atoms with Crippen LogP contribution in [0.2, 0.25) is 0 Å². The highest BCUT2D eigenvalue weighted by molar-refractivity contribution is 5.28. The highest BCUT2D eigenvalue weighted by Gasteiger charge is 2.03. The maximum absolute atomic E-state index is 10.6. The van der Waals surface area contributed by atoms with E-state index in [2.05, 4.69) is 19.9 Å². The molecule has 0 aliphatic heterocycles. The number of nitrogens with zero attached hydrogens (tertiary/aromatic N) is 5. The number of aryl methyl sites for hydroxylation is 2. The minimum Gasteiger partial charge on any atom is -0.497 e. The molecule has 0 atom stereocenters. The molecule has 1 aromatic carbocycles. The van der Waals surface area contributed by atoms with Crippen LogP contribution in [0.5, 0.6) is 11.6 Å². The molecule has 3 rings (SSSR count). The lowest BCUT2D eigenvalue weighted by Crippen LogP contribution is -2.08. The van der Waals surface area contributed by atoms with Gasteiger partial charge in [0.05, 0.1) is 7.11 Å². The van der Waals surface area contributed by atoms with Gasteiger partial charge in [0.1, 0.15) is 47.5 Å². The van der Waals surface area contributed by atoms with Crippen LogP contribution in [0.4, 0.5) is 0 Å². The molecule has 0 saturated carbocycles. The van der Waals surface area contributed by atoms with Crippen molar-refractivity contribution in [3.05, 3.63) is 75.4 Å². The van der Waals surface area contributed by atoms with Gasteiger partial charge in [-0.2, -0.15) is 15.5 Å². The summed E-state index contributed by atoms with van der Waals surface area (Å²) in [5, 5.41) is 17.1. The van der Waals surface area contributed by atoms with E-state index < -0.39 is 0 Å². The smallest absolute Gasteiger partial charge is 0.252 e. The van der Waals surface area contributed by atoms with Crippen LogP contribution >= 0.6 is 0 Å². The molecule has 9 heteroatoms. The van der Waals surface area contributed by atoms with Crippen LogP contribution in [0.25, 0.3) is 0 Å². The monoisotopic (exact) mass is 390 g/mol. The molecule has 2 aromatic heterocycles. The Morgan fingerprint density at radius 3 is 2.24 bits per heavy atom. The highest BCUT2D eigenvalue weighted by Crippen LogP contribution is 2.14. The lowest BCUT2D eigenvalue weighted by molar-refractivity contribution is 0.292. The van der Waals surface area contributed by atoms with Crippen molar-refractivity contribution >= 4 is 0 Å². The zero-order valence-corrected chi connectivity index (χ0v) is 16.1. The van der Waals surface area contributed by atoms with Crippen molar-refractivity contribution in [3.63, 3.8) is 0 Å². The molecule has 29 heavy (non-hydrogen) atoms. The summed E-state index contributed by atoms with van der Waals surface area (Å²) in [6, 6.07) is 14.0. The number of methoxy groups -OCH3 is 1. The van der Waals surface area contributed by atoms with Crippen molar-refractivity contribution in [2.75, 3.05) is 7.11 Å². The summed E-state index contributed by atoms with van der Waals surface area (Å²) in [7, 11) is 1.62. The topological polar surface area (TPSA) is 138 Å². The molecular weight excluding hydrogens is 372 g/mol. The number of H-pyrrole nitrogens is 1. The van der Waals surface area contributed by atoms with Gasteiger partial charge < -0.3 is 14.5 Å². The highest BCUT2D eigenvalue weighted by atomic mass is 16.5. The molecule has 0 fully saturated rings. The van der Waals surface area contributed by atoms with Crippen LogP contribution < -0.4 is 15.0 Å². The minimum atomic E-state index is -0.288. The van der Waals surface area contributed by atoms with Gasteiger partial charge in [-0.15, -0.1) is 0 Å². The SMILES string of the molecule is COc1ccc(COc2cc(C#N)nc(C)n2)cc1.Cc1nc(C#N)cc(=O)[nH]1. The van der Waals surface area contributed by atoms with Crippen molar-refractivity contribution in [2.24, 2.45) is 0 Å². The van der Waals surface area contributed by atoms with Gasteiger partial charge in [0.25, 0.3) is 5.56 Å². The molecule has 0 amide bonds. The van der Waals surface area contributed by atoms with Gasteiger partial charge in [-0.25, -0.2) is 9.97 Å². The van der Waals surface area contributed by atoms with Gasteiger partial charge in [0.2, 0.25) is 5.88 Å². The summed E-state index contributed by atoms with van der Waals surface area (Å²) in [4.78, 5) is 24.9. The third-order valence-corrected chi connectivity index (χ3v) is 3.45. The van der Waals surface area contributed by atoms with Crippen LogP contribution in [0.3, 0.4) is 0 Å². The predicted octanol–water partition coefficient (Wildman–Crippen LogP) is 2.19. The summed E-state index contributed by atoms with van der Waals surface area (Å²) in [5.41, 5.74) is 1.16. The first-order valence-corrected chi connectivity index (χ1v) is 8.43. The number of nitriles is 2. The first-order valence-electron chi connectivity index (χ1n) is 8.43. The van der Waals surface area contributed by atoms with Gasteiger partial charge >= 0.3 is 0 Å². The third-order valence-electron chi connectivity index (χ3n) is 3.45. The summed E-state index contributed by atoms with van der Waals surface area (Å²) in [5.74, 6) is 2.18. The van der Waals surface area contributed by atoms with Crippen LogP contribution in [0.15, 0.2) is 41.2 Å². The molecule has 146 valence electrons. The van der Waals surface area contributed by atoms with E-state index in [1.807, 2.05) is 30.3 Å². The Morgan fingerprint density at radius 1 is 1.00 bits per heavy atom. The number of aromatic amines is 1. The second-order valence-corrected chi connectivity index (χ2v) is 5.72. The summed E-state index contributed by atoms with van der Waals surface area (Å²) >= 11 is 0. The summed E-state index contributed by atoms with van der Waals surface area (Å²) in [6.07, 6.45) is 0. The average Bonchev–Trinajstić information content (AvgIpc) is 2.72. The normalized spacial score (nSPS) is 9.41. The predicted molar refractivity (Wildman–Crippen MR) is 103 cm³/mol. The van der Waals surface area contributed by atoms with Crippen LogP contribution in [-0.2, 0) is 6.61 Å². The van der Waals surface area contributed by atoms with Crippen molar-refractivity contribution in [3.8, 4) is 23.8 Å². The molecule has 0 saturated heterocycles. The molecule has 0 spiro atoms. The molecule has 0 bridgehead atoms. The number of nitrogens with one attached hydrogen (secondary N) is 1. The second kappa shape index (κ2) is 10.2. The van der Waals surface area contributed by atoms with E-state index in [0.717, 1.165) is 17.4 Å². The van der Waals surface area contributed by atoms with E-state index >= 15 is 0 Å². The Bertz CT molecular complexity index is 1110. The largest absolute Gasteiger partial charge is 0.497 e. The number of ether oxygens (including phenoxy) is 2.